The van der Waals surface area contributed by atoms with Crippen LogP contribution in [0.2, 0.25) is 0 Å². The topological polar surface area (TPSA) is 117 Å². The molecule has 0 aromatic heterocycles. The number of benzene rings is 2. The van der Waals surface area contributed by atoms with Gasteiger partial charge in [0, 0.05) is 5.56 Å². The number of hydrogen-bond acceptors (Lipinski definition) is 6. The van der Waals surface area contributed by atoms with Crippen LogP contribution in [0.1, 0.15) is 22.8 Å². The van der Waals surface area contributed by atoms with Gasteiger partial charge in [-0.15, -0.1) is 13.2 Å². The number of halogens is 3. The van der Waals surface area contributed by atoms with E-state index in [9.17, 15) is 27.9 Å². The highest BCUT2D eigenvalue weighted by Gasteiger charge is 2.31. The highest BCUT2D eigenvalue weighted by molar-refractivity contribution is 5.97. The Morgan fingerprint density at radius 2 is 1.60 bits per heavy atom. The van der Waals surface area contributed by atoms with Gasteiger partial charge >= 0.3 is 6.36 Å². The van der Waals surface area contributed by atoms with Crippen LogP contribution in [0.5, 0.6) is 11.5 Å². The zero-order valence-corrected chi connectivity index (χ0v) is 15.6. The molecule has 4 N–H and O–H groups in total. The van der Waals surface area contributed by atoms with Crippen LogP contribution in [0.15, 0.2) is 48.5 Å². The van der Waals surface area contributed by atoms with E-state index in [0.717, 1.165) is 12.1 Å². The third kappa shape index (κ3) is 6.94. The highest BCUT2D eigenvalue weighted by atomic mass is 19.4. The molecule has 8 nitrogen and oxygen atoms in total. The summed E-state index contributed by atoms with van der Waals surface area (Å²) < 4.78 is 45.7. The minimum atomic E-state index is -4.77. The van der Waals surface area contributed by atoms with E-state index < -0.39 is 30.3 Å². The second-order valence-electron chi connectivity index (χ2n) is 6.17. The average Bonchev–Trinajstić information content (AvgIpc) is 2.69. The van der Waals surface area contributed by atoms with Crippen LogP contribution < -0.4 is 20.3 Å². The maximum absolute atomic E-state index is 12.2. The first-order valence-corrected chi connectivity index (χ1v) is 8.59. The molecule has 11 heteroatoms. The maximum Gasteiger partial charge on any atom is 0.573 e. The Bertz CT molecular complexity index is 854. The average molecular weight is 428 g/mol. The lowest BCUT2D eigenvalue weighted by molar-refractivity contribution is -0.274. The number of carbonyl (C=O) groups excluding carboxylic acids is 2. The smallest absolute Gasteiger partial charge is 0.489 e. The van der Waals surface area contributed by atoms with Crippen molar-refractivity contribution in [3.05, 3.63) is 59.7 Å². The molecular formula is C19H19F3N2O6. The van der Waals surface area contributed by atoms with Crippen molar-refractivity contribution in [2.24, 2.45) is 0 Å². The summed E-state index contributed by atoms with van der Waals surface area (Å²) in [5.41, 5.74) is 2.23. The lowest BCUT2D eigenvalue weighted by Crippen LogP contribution is -2.51. The number of carbonyl (C=O) groups is 2. The van der Waals surface area contributed by atoms with Crippen molar-refractivity contribution in [2.75, 3.05) is 0 Å². The van der Waals surface area contributed by atoms with Crippen LogP contribution in [0.25, 0.3) is 0 Å². The van der Waals surface area contributed by atoms with Crippen molar-refractivity contribution < 1.29 is 42.5 Å². The van der Waals surface area contributed by atoms with Gasteiger partial charge in [0.2, 0.25) is 0 Å². The Morgan fingerprint density at radius 1 is 1.03 bits per heavy atom. The fourth-order valence-corrected chi connectivity index (χ4v) is 2.36. The molecule has 2 rings (SSSR count). The molecule has 0 saturated heterocycles. The molecule has 0 saturated carbocycles. The summed E-state index contributed by atoms with van der Waals surface area (Å²) in [5, 5.41) is 20.5. The third-order valence-electron chi connectivity index (χ3n) is 3.84. The zero-order valence-electron chi connectivity index (χ0n) is 15.6. The zero-order chi connectivity index (χ0) is 22.3. The summed E-state index contributed by atoms with van der Waals surface area (Å²) in [6, 6.07) is 9.65. The van der Waals surface area contributed by atoms with Crippen molar-refractivity contribution in [3.63, 3.8) is 0 Å². The van der Waals surface area contributed by atoms with Crippen molar-refractivity contribution in [1.82, 2.24) is 10.8 Å². The molecule has 0 bridgehead atoms. The van der Waals surface area contributed by atoms with E-state index in [1.165, 1.54) is 36.7 Å². The van der Waals surface area contributed by atoms with E-state index in [1.807, 2.05) is 0 Å². The minimum absolute atomic E-state index is 0.0879. The first-order chi connectivity index (χ1) is 14.1. The molecule has 0 spiro atoms. The van der Waals surface area contributed by atoms with E-state index >= 15 is 0 Å². The number of aliphatic hydroxyl groups is 1. The van der Waals surface area contributed by atoms with Gasteiger partial charge in [0.15, 0.2) is 0 Å². The lowest BCUT2D eigenvalue weighted by atomic mass is 10.1. The number of rotatable bonds is 8. The molecule has 2 amide bonds. The molecule has 0 heterocycles. The Hall–Kier alpha value is -3.31. The van der Waals surface area contributed by atoms with E-state index in [-0.39, 0.29) is 17.9 Å². The van der Waals surface area contributed by atoms with E-state index in [0.29, 0.717) is 11.3 Å². The fourth-order valence-electron chi connectivity index (χ4n) is 2.36. The number of amides is 2. The number of alkyl halides is 3. The van der Waals surface area contributed by atoms with Crippen LogP contribution in [0.3, 0.4) is 0 Å². The van der Waals surface area contributed by atoms with Gasteiger partial charge in [-0.1, -0.05) is 12.1 Å². The SMILES string of the molecule is C[C@@H](O)[C@H](NC(=O)c1ccc(COc2ccc(OC(F)(F)F)cc2)cc1)C(=O)NO. The molecule has 30 heavy (non-hydrogen) atoms. The van der Waals surface area contributed by atoms with Crippen molar-refractivity contribution in [3.8, 4) is 11.5 Å². The van der Waals surface area contributed by atoms with Crippen LogP contribution in [-0.4, -0.2) is 40.6 Å². The number of hydroxylamine groups is 1. The van der Waals surface area contributed by atoms with Crippen LogP contribution in [0.4, 0.5) is 13.2 Å². The Balaban J connectivity index is 1.92. The van der Waals surface area contributed by atoms with Gasteiger partial charge in [0.25, 0.3) is 11.8 Å². The molecule has 0 fully saturated rings. The van der Waals surface area contributed by atoms with E-state index in [2.05, 4.69) is 10.1 Å². The Kier molecular flexibility index (Phi) is 7.61. The van der Waals surface area contributed by atoms with Gasteiger partial charge in [-0.05, 0) is 48.9 Å². The summed E-state index contributed by atoms with van der Waals surface area (Å²) in [6.45, 7) is 1.37. The highest BCUT2D eigenvalue weighted by Crippen LogP contribution is 2.25. The quantitative estimate of drug-likeness (QED) is 0.378. The monoisotopic (exact) mass is 428 g/mol. The second-order valence-corrected chi connectivity index (χ2v) is 6.17. The molecule has 2 aromatic carbocycles. The van der Waals surface area contributed by atoms with Gasteiger partial charge in [0.1, 0.15) is 24.1 Å². The van der Waals surface area contributed by atoms with E-state index in [1.54, 1.807) is 12.1 Å². The van der Waals surface area contributed by atoms with Crippen molar-refractivity contribution in [2.45, 2.75) is 32.0 Å². The number of nitrogens with one attached hydrogen (secondary N) is 2. The molecule has 2 aromatic rings. The van der Waals surface area contributed by atoms with Gasteiger partial charge in [0.05, 0.1) is 6.10 Å². The van der Waals surface area contributed by atoms with Crippen molar-refractivity contribution >= 4 is 11.8 Å². The van der Waals surface area contributed by atoms with Crippen molar-refractivity contribution in [1.29, 1.82) is 0 Å². The Labute approximate surface area is 169 Å². The largest absolute Gasteiger partial charge is 0.573 e. The molecule has 0 unspecified atom stereocenters. The summed E-state index contributed by atoms with van der Waals surface area (Å²) >= 11 is 0. The normalized spacial score (nSPS) is 13.1. The maximum atomic E-state index is 12.2. The van der Waals surface area contributed by atoms with E-state index in [4.69, 9.17) is 9.94 Å². The third-order valence-corrected chi connectivity index (χ3v) is 3.84. The molecule has 0 aliphatic heterocycles. The molecule has 162 valence electrons. The minimum Gasteiger partial charge on any atom is -0.489 e. The predicted molar refractivity (Wildman–Crippen MR) is 96.8 cm³/mol. The number of hydrogen-bond donors (Lipinski definition) is 4. The lowest BCUT2D eigenvalue weighted by Gasteiger charge is -2.19. The molecular weight excluding hydrogens is 409 g/mol. The first-order valence-electron chi connectivity index (χ1n) is 8.59. The van der Waals surface area contributed by atoms with Gasteiger partial charge in [-0.3, -0.25) is 14.8 Å². The number of ether oxygens (including phenoxy) is 2. The molecule has 0 aliphatic rings. The Morgan fingerprint density at radius 3 is 2.10 bits per heavy atom. The standard InChI is InChI=1S/C19H19F3N2O6/c1-11(25)16(18(27)24-28)23-17(26)13-4-2-12(3-5-13)10-29-14-6-8-15(9-7-14)30-19(20,21)22/h2-9,11,16,25,28H,10H2,1H3,(H,23,26)(H,24,27)/t11-,16+/m1/s1. The number of aliphatic hydroxyl groups excluding tert-OH is 1. The predicted octanol–water partition coefficient (Wildman–Crippen LogP) is 2.15. The van der Waals surface area contributed by atoms with Gasteiger partial charge in [-0.2, -0.15) is 0 Å². The summed E-state index contributed by atoms with van der Waals surface area (Å²) in [7, 11) is 0. The summed E-state index contributed by atoms with van der Waals surface area (Å²) in [5.74, 6) is -1.65. The van der Waals surface area contributed by atoms with Gasteiger partial charge < -0.3 is 19.9 Å². The molecule has 0 aliphatic carbocycles. The molecule has 2 atom stereocenters. The second kappa shape index (κ2) is 9.94. The van der Waals surface area contributed by atoms with Crippen LogP contribution >= 0.6 is 0 Å². The summed E-state index contributed by atoms with van der Waals surface area (Å²) in [6.07, 6.45) is -6.00. The van der Waals surface area contributed by atoms with Gasteiger partial charge in [-0.25, -0.2) is 5.48 Å². The first kappa shape index (κ1) is 23.0. The fraction of sp³-hybridized carbons (Fsp3) is 0.263. The summed E-state index contributed by atoms with van der Waals surface area (Å²) in [4.78, 5) is 23.7. The van der Waals surface area contributed by atoms with Crippen LogP contribution in [-0.2, 0) is 11.4 Å². The van der Waals surface area contributed by atoms with Crippen LogP contribution in [0, 0.1) is 0 Å². The molecule has 0 radical (unpaired) electrons.